The fourth-order valence-electron chi connectivity index (χ4n) is 1.57. The minimum Gasteiger partial charge on any atom is -0.350 e. The van der Waals surface area contributed by atoms with Crippen LogP contribution in [-0.2, 0) is 0 Å². The number of carbonyl (C=O) groups is 1. The van der Waals surface area contributed by atoms with Crippen molar-refractivity contribution in [1.82, 2.24) is 10.2 Å². The lowest BCUT2D eigenvalue weighted by atomic mass is 10.0. The van der Waals surface area contributed by atoms with Crippen molar-refractivity contribution in [1.29, 1.82) is 0 Å². The third-order valence-electron chi connectivity index (χ3n) is 3.26. The van der Waals surface area contributed by atoms with Crippen molar-refractivity contribution in [3.63, 3.8) is 0 Å². The molecule has 0 heterocycles. The molecule has 0 radical (unpaired) electrons. The van der Waals surface area contributed by atoms with Crippen LogP contribution in [0.1, 0.15) is 28.4 Å². The maximum Gasteiger partial charge on any atom is 0.251 e. The summed E-state index contributed by atoms with van der Waals surface area (Å²) in [4.78, 5) is 14.2. The summed E-state index contributed by atoms with van der Waals surface area (Å²) in [6.07, 6.45) is 0. The van der Waals surface area contributed by atoms with Crippen molar-refractivity contribution < 1.29 is 4.79 Å². The van der Waals surface area contributed by atoms with Crippen LogP contribution in [0.15, 0.2) is 18.2 Å². The second-order valence-electron chi connectivity index (χ2n) is 5.06. The first-order valence-electron chi connectivity index (χ1n) is 6.70. The van der Waals surface area contributed by atoms with Gasteiger partial charge in [-0.25, -0.2) is 0 Å². The van der Waals surface area contributed by atoms with Crippen LogP contribution in [0.3, 0.4) is 0 Å². The number of likely N-dealkylation sites (N-methyl/N-ethyl adjacent to an activating group) is 1. The van der Waals surface area contributed by atoms with Crippen LogP contribution in [0.25, 0.3) is 0 Å². The Morgan fingerprint density at radius 2 is 2.15 bits per heavy atom. The van der Waals surface area contributed by atoms with Gasteiger partial charge in [0, 0.05) is 23.7 Å². The molecule has 0 spiro atoms. The maximum atomic E-state index is 12.1. The van der Waals surface area contributed by atoms with Gasteiger partial charge >= 0.3 is 0 Å². The highest BCUT2D eigenvalue weighted by molar-refractivity contribution is 5.94. The number of hydrogen-bond acceptors (Lipinski definition) is 3. The Bertz CT molecular complexity index is 526. The van der Waals surface area contributed by atoms with Crippen molar-refractivity contribution in [3.8, 4) is 11.8 Å². The van der Waals surface area contributed by atoms with Gasteiger partial charge in [-0.1, -0.05) is 17.9 Å². The van der Waals surface area contributed by atoms with Crippen LogP contribution in [0, 0.1) is 18.8 Å². The molecule has 1 atom stereocenters. The lowest BCUT2D eigenvalue weighted by Gasteiger charge is -2.20. The van der Waals surface area contributed by atoms with E-state index >= 15 is 0 Å². The molecule has 0 aromatic heterocycles. The van der Waals surface area contributed by atoms with Gasteiger partial charge in [0.2, 0.25) is 0 Å². The van der Waals surface area contributed by atoms with Crippen LogP contribution < -0.4 is 11.1 Å². The van der Waals surface area contributed by atoms with Gasteiger partial charge in [-0.15, -0.1) is 0 Å². The zero-order valence-corrected chi connectivity index (χ0v) is 12.7. The van der Waals surface area contributed by atoms with E-state index in [9.17, 15) is 4.79 Å². The average Bonchev–Trinajstić information content (AvgIpc) is 2.43. The molecule has 1 aromatic carbocycles. The van der Waals surface area contributed by atoms with Gasteiger partial charge in [0.05, 0.1) is 6.54 Å². The van der Waals surface area contributed by atoms with Crippen molar-refractivity contribution in [2.45, 2.75) is 19.9 Å². The van der Waals surface area contributed by atoms with Gasteiger partial charge in [0.1, 0.15) is 0 Å². The van der Waals surface area contributed by atoms with Crippen LogP contribution in [-0.4, -0.2) is 44.0 Å². The molecule has 3 N–H and O–H groups in total. The summed E-state index contributed by atoms with van der Waals surface area (Å²) in [5, 5.41) is 2.93. The van der Waals surface area contributed by atoms with Crippen molar-refractivity contribution in [3.05, 3.63) is 34.9 Å². The second kappa shape index (κ2) is 7.68. The number of benzene rings is 1. The van der Waals surface area contributed by atoms with Gasteiger partial charge in [-0.3, -0.25) is 4.79 Å². The molecule has 0 saturated heterocycles. The Hall–Kier alpha value is -1.83. The summed E-state index contributed by atoms with van der Waals surface area (Å²) in [7, 11) is 3.98. The van der Waals surface area contributed by atoms with E-state index in [2.05, 4.69) is 29.0 Å². The molecule has 4 heteroatoms. The SMILES string of the molecule is Cc1ccc(C(=O)NCC(C)N(C)C)cc1C#CCN. The zero-order valence-electron chi connectivity index (χ0n) is 12.7. The Balaban J connectivity index is 2.78. The van der Waals surface area contributed by atoms with Gasteiger partial charge < -0.3 is 16.0 Å². The van der Waals surface area contributed by atoms with Crippen LogP contribution in [0.2, 0.25) is 0 Å². The van der Waals surface area contributed by atoms with Gasteiger partial charge in [0.25, 0.3) is 5.91 Å². The van der Waals surface area contributed by atoms with Crippen molar-refractivity contribution in [2.75, 3.05) is 27.2 Å². The van der Waals surface area contributed by atoms with Gasteiger partial charge in [-0.05, 0) is 45.6 Å². The number of nitrogens with two attached hydrogens (primary N) is 1. The second-order valence-corrected chi connectivity index (χ2v) is 5.06. The van der Waals surface area contributed by atoms with E-state index in [1.807, 2.05) is 39.2 Å². The zero-order chi connectivity index (χ0) is 15.1. The third-order valence-corrected chi connectivity index (χ3v) is 3.26. The number of hydrogen-bond donors (Lipinski definition) is 2. The molecule has 0 bridgehead atoms. The third kappa shape index (κ3) is 4.69. The normalized spacial score (nSPS) is 11.7. The number of nitrogens with zero attached hydrogens (tertiary/aromatic N) is 1. The lowest BCUT2D eigenvalue weighted by molar-refractivity contribution is 0.0943. The van der Waals surface area contributed by atoms with Crippen molar-refractivity contribution >= 4 is 5.91 Å². The quantitative estimate of drug-likeness (QED) is 0.804. The Morgan fingerprint density at radius 1 is 1.45 bits per heavy atom. The fraction of sp³-hybridized carbons (Fsp3) is 0.438. The number of carbonyl (C=O) groups excluding carboxylic acids is 1. The molecular formula is C16H23N3O. The molecular weight excluding hydrogens is 250 g/mol. The van der Waals surface area contributed by atoms with E-state index in [1.54, 1.807) is 0 Å². The number of nitrogens with one attached hydrogen (secondary N) is 1. The molecule has 108 valence electrons. The van der Waals surface area contributed by atoms with Crippen LogP contribution in [0.4, 0.5) is 0 Å². The summed E-state index contributed by atoms with van der Waals surface area (Å²) in [6.45, 7) is 4.96. The predicted molar refractivity (Wildman–Crippen MR) is 82.6 cm³/mol. The monoisotopic (exact) mass is 273 g/mol. The molecule has 1 amide bonds. The fourth-order valence-corrected chi connectivity index (χ4v) is 1.57. The van der Waals surface area contributed by atoms with E-state index in [1.165, 1.54) is 0 Å². The molecule has 0 aliphatic heterocycles. The highest BCUT2D eigenvalue weighted by Gasteiger charge is 2.10. The van der Waals surface area contributed by atoms with Crippen LogP contribution >= 0.6 is 0 Å². The maximum absolute atomic E-state index is 12.1. The Kier molecular flexibility index (Phi) is 6.23. The van der Waals surface area contributed by atoms with E-state index < -0.39 is 0 Å². The molecule has 20 heavy (non-hydrogen) atoms. The van der Waals surface area contributed by atoms with E-state index in [-0.39, 0.29) is 5.91 Å². The highest BCUT2D eigenvalue weighted by atomic mass is 16.1. The number of aryl methyl sites for hydroxylation is 1. The largest absolute Gasteiger partial charge is 0.350 e. The number of amides is 1. The van der Waals surface area contributed by atoms with Gasteiger partial charge in [-0.2, -0.15) is 0 Å². The minimum atomic E-state index is -0.0745. The molecule has 1 unspecified atom stereocenters. The Morgan fingerprint density at radius 3 is 2.75 bits per heavy atom. The predicted octanol–water partition coefficient (Wildman–Crippen LogP) is 0.985. The molecule has 0 aliphatic rings. The van der Waals surface area contributed by atoms with E-state index in [4.69, 9.17) is 5.73 Å². The first-order valence-corrected chi connectivity index (χ1v) is 6.70. The van der Waals surface area contributed by atoms with Crippen LogP contribution in [0.5, 0.6) is 0 Å². The molecule has 1 aromatic rings. The molecule has 0 saturated carbocycles. The number of rotatable bonds is 4. The standard InChI is InChI=1S/C16H23N3O/c1-12-7-8-15(10-14(12)6-5-9-17)16(20)18-11-13(2)19(3)4/h7-8,10,13H,9,11,17H2,1-4H3,(H,18,20). The summed E-state index contributed by atoms with van der Waals surface area (Å²) in [5.74, 6) is 5.73. The topological polar surface area (TPSA) is 58.4 Å². The average molecular weight is 273 g/mol. The summed E-state index contributed by atoms with van der Waals surface area (Å²) < 4.78 is 0. The van der Waals surface area contributed by atoms with E-state index in [0.717, 1.165) is 11.1 Å². The van der Waals surface area contributed by atoms with Gasteiger partial charge in [0.15, 0.2) is 0 Å². The summed E-state index contributed by atoms with van der Waals surface area (Å²) in [5.41, 5.74) is 7.90. The first kappa shape index (κ1) is 16.2. The molecule has 4 nitrogen and oxygen atoms in total. The molecule has 0 aliphatic carbocycles. The Labute approximate surface area is 121 Å². The van der Waals surface area contributed by atoms with Crippen molar-refractivity contribution in [2.24, 2.45) is 5.73 Å². The lowest BCUT2D eigenvalue weighted by Crippen LogP contribution is -2.38. The summed E-state index contributed by atoms with van der Waals surface area (Å²) in [6, 6.07) is 5.83. The van der Waals surface area contributed by atoms with E-state index in [0.29, 0.717) is 24.7 Å². The highest BCUT2D eigenvalue weighted by Crippen LogP contribution is 2.10. The smallest absolute Gasteiger partial charge is 0.251 e. The molecule has 1 rings (SSSR count). The molecule has 0 fully saturated rings. The minimum absolute atomic E-state index is 0.0745. The first-order chi connectivity index (χ1) is 9.45. The summed E-state index contributed by atoms with van der Waals surface area (Å²) >= 11 is 0.